The van der Waals surface area contributed by atoms with E-state index in [2.05, 4.69) is 33.0 Å². The minimum absolute atomic E-state index is 0.631. The van der Waals surface area contributed by atoms with Gasteiger partial charge in [-0.1, -0.05) is 53.4 Å². The van der Waals surface area contributed by atoms with E-state index < -0.39 is 0 Å². The van der Waals surface area contributed by atoms with Crippen molar-refractivity contribution in [1.82, 2.24) is 5.32 Å². The van der Waals surface area contributed by atoms with E-state index in [0.29, 0.717) is 5.41 Å². The number of hydrogen-bond donors (Lipinski definition) is 1. The average Bonchev–Trinajstić information content (AvgIpc) is 2.38. The van der Waals surface area contributed by atoms with Gasteiger partial charge in [-0.25, -0.2) is 0 Å². The fraction of sp³-hybridized carbons (Fsp3) is 1.00. The lowest BCUT2D eigenvalue weighted by molar-refractivity contribution is 0.125. The van der Waals surface area contributed by atoms with Crippen LogP contribution in [0.1, 0.15) is 85.5 Å². The first kappa shape index (κ1) is 17.0. The molecule has 0 aromatic heterocycles. The third kappa shape index (κ3) is 6.29. The third-order valence-electron chi connectivity index (χ3n) is 4.96. The van der Waals surface area contributed by atoms with E-state index in [0.717, 1.165) is 11.8 Å². The van der Waals surface area contributed by atoms with Crippen molar-refractivity contribution in [3.8, 4) is 0 Å². The molecule has 0 amide bonds. The van der Waals surface area contributed by atoms with Crippen LogP contribution in [0, 0.1) is 17.3 Å². The van der Waals surface area contributed by atoms with Crippen molar-refractivity contribution in [3.63, 3.8) is 0 Å². The van der Waals surface area contributed by atoms with Gasteiger partial charge in [-0.3, -0.25) is 0 Å². The van der Waals surface area contributed by atoms with Gasteiger partial charge in [0, 0.05) is 6.54 Å². The van der Waals surface area contributed by atoms with Crippen molar-refractivity contribution in [2.24, 2.45) is 17.3 Å². The molecule has 1 aliphatic carbocycles. The van der Waals surface area contributed by atoms with Crippen LogP contribution >= 0.6 is 0 Å². The Morgan fingerprint density at radius 2 is 1.79 bits per heavy atom. The maximum atomic E-state index is 3.74. The zero-order valence-electron chi connectivity index (χ0n) is 13.9. The number of nitrogens with one attached hydrogen (secondary N) is 1. The molecule has 1 saturated carbocycles. The molecule has 1 N–H and O–H groups in total. The summed E-state index contributed by atoms with van der Waals surface area (Å²) in [4.78, 5) is 0. The first-order chi connectivity index (χ1) is 9.12. The maximum absolute atomic E-state index is 3.74. The van der Waals surface area contributed by atoms with Gasteiger partial charge < -0.3 is 5.32 Å². The summed E-state index contributed by atoms with van der Waals surface area (Å²) < 4.78 is 0. The van der Waals surface area contributed by atoms with Gasteiger partial charge in [0.15, 0.2) is 0 Å². The van der Waals surface area contributed by atoms with Gasteiger partial charge >= 0.3 is 0 Å². The molecule has 1 rings (SSSR count). The summed E-state index contributed by atoms with van der Waals surface area (Å²) in [5, 5.41) is 3.74. The van der Waals surface area contributed by atoms with E-state index in [1.54, 1.807) is 0 Å². The van der Waals surface area contributed by atoms with Gasteiger partial charge in [0.25, 0.3) is 0 Å². The molecule has 0 bridgehead atoms. The van der Waals surface area contributed by atoms with Crippen molar-refractivity contribution in [1.29, 1.82) is 0 Å². The Labute approximate surface area is 121 Å². The van der Waals surface area contributed by atoms with Crippen LogP contribution in [0.4, 0.5) is 0 Å². The fourth-order valence-corrected chi connectivity index (χ4v) is 3.74. The first-order valence-electron chi connectivity index (χ1n) is 8.82. The SMILES string of the molecule is CCCCC1CCC(CCC)(CNCC(C)C)CC1. The van der Waals surface area contributed by atoms with Gasteiger partial charge in [0.2, 0.25) is 0 Å². The summed E-state index contributed by atoms with van der Waals surface area (Å²) in [6, 6.07) is 0. The van der Waals surface area contributed by atoms with Gasteiger partial charge in [0.05, 0.1) is 0 Å². The number of rotatable bonds is 9. The Balaban J connectivity index is 2.37. The lowest BCUT2D eigenvalue weighted by Crippen LogP contribution is -2.39. The molecule has 0 heterocycles. The molecule has 1 aliphatic rings. The minimum Gasteiger partial charge on any atom is -0.316 e. The second kappa shape index (κ2) is 9.00. The summed E-state index contributed by atoms with van der Waals surface area (Å²) in [6.45, 7) is 11.7. The van der Waals surface area contributed by atoms with Crippen LogP contribution in [0.3, 0.4) is 0 Å². The molecule has 19 heavy (non-hydrogen) atoms. The Bertz CT molecular complexity index is 214. The summed E-state index contributed by atoms with van der Waals surface area (Å²) in [5.41, 5.74) is 0.631. The highest BCUT2D eigenvalue weighted by molar-refractivity contribution is 4.87. The van der Waals surface area contributed by atoms with E-state index in [4.69, 9.17) is 0 Å². The maximum Gasteiger partial charge on any atom is 0.000792 e. The summed E-state index contributed by atoms with van der Waals surface area (Å²) in [5.74, 6) is 1.81. The molecule has 0 spiro atoms. The van der Waals surface area contributed by atoms with Crippen LogP contribution in [0.5, 0.6) is 0 Å². The first-order valence-corrected chi connectivity index (χ1v) is 8.82. The molecule has 0 aliphatic heterocycles. The van der Waals surface area contributed by atoms with Crippen LogP contribution in [-0.2, 0) is 0 Å². The summed E-state index contributed by atoms with van der Waals surface area (Å²) >= 11 is 0. The van der Waals surface area contributed by atoms with E-state index in [1.807, 2.05) is 0 Å². The second-order valence-corrected chi connectivity index (χ2v) is 7.36. The third-order valence-corrected chi connectivity index (χ3v) is 4.96. The monoisotopic (exact) mass is 267 g/mol. The molecule has 0 atom stereocenters. The summed E-state index contributed by atoms with van der Waals surface area (Å²) in [6.07, 6.45) is 13.0. The minimum atomic E-state index is 0.631. The molecule has 0 aromatic carbocycles. The standard InChI is InChI=1S/C18H37N/c1-5-7-8-17-9-12-18(11-6-2,13-10-17)15-19-14-16(3)4/h16-17,19H,5-15H2,1-4H3. The molecule has 1 heteroatoms. The normalized spacial score (nSPS) is 27.9. The van der Waals surface area contributed by atoms with E-state index >= 15 is 0 Å². The van der Waals surface area contributed by atoms with Crippen LogP contribution in [0.15, 0.2) is 0 Å². The van der Waals surface area contributed by atoms with Crippen LogP contribution in [-0.4, -0.2) is 13.1 Å². The molecule has 0 unspecified atom stereocenters. The van der Waals surface area contributed by atoms with E-state index in [1.165, 1.54) is 70.9 Å². The van der Waals surface area contributed by atoms with Crippen LogP contribution in [0.25, 0.3) is 0 Å². The van der Waals surface area contributed by atoms with Crippen molar-refractivity contribution in [2.75, 3.05) is 13.1 Å². The molecule has 1 fully saturated rings. The largest absolute Gasteiger partial charge is 0.316 e. The number of unbranched alkanes of at least 4 members (excludes halogenated alkanes) is 1. The van der Waals surface area contributed by atoms with Crippen molar-refractivity contribution in [3.05, 3.63) is 0 Å². The molecular formula is C18H37N. The van der Waals surface area contributed by atoms with Gasteiger partial charge in [-0.2, -0.15) is 0 Å². The highest BCUT2D eigenvalue weighted by Crippen LogP contribution is 2.43. The smallest absolute Gasteiger partial charge is 0.000792 e. The van der Waals surface area contributed by atoms with Gasteiger partial charge in [-0.05, 0) is 55.9 Å². The highest BCUT2D eigenvalue weighted by atomic mass is 14.9. The topological polar surface area (TPSA) is 12.0 Å². The van der Waals surface area contributed by atoms with Crippen LogP contribution < -0.4 is 5.32 Å². The highest BCUT2D eigenvalue weighted by Gasteiger charge is 2.33. The Kier molecular flexibility index (Phi) is 8.06. The quantitative estimate of drug-likeness (QED) is 0.590. The van der Waals surface area contributed by atoms with Crippen molar-refractivity contribution >= 4 is 0 Å². The second-order valence-electron chi connectivity index (χ2n) is 7.36. The van der Waals surface area contributed by atoms with E-state index in [-0.39, 0.29) is 0 Å². The molecule has 1 nitrogen and oxygen atoms in total. The lowest BCUT2D eigenvalue weighted by Gasteiger charge is -2.41. The van der Waals surface area contributed by atoms with Crippen molar-refractivity contribution < 1.29 is 0 Å². The molecule has 0 aromatic rings. The molecule has 0 radical (unpaired) electrons. The average molecular weight is 268 g/mol. The van der Waals surface area contributed by atoms with E-state index in [9.17, 15) is 0 Å². The van der Waals surface area contributed by atoms with Gasteiger partial charge in [-0.15, -0.1) is 0 Å². The molecule has 0 saturated heterocycles. The van der Waals surface area contributed by atoms with Crippen molar-refractivity contribution in [2.45, 2.75) is 85.5 Å². The summed E-state index contributed by atoms with van der Waals surface area (Å²) in [7, 11) is 0. The predicted octanol–water partition coefficient (Wildman–Crippen LogP) is 5.40. The Morgan fingerprint density at radius 3 is 2.32 bits per heavy atom. The zero-order valence-corrected chi connectivity index (χ0v) is 13.9. The lowest BCUT2D eigenvalue weighted by atomic mass is 9.67. The fourth-order valence-electron chi connectivity index (χ4n) is 3.74. The zero-order chi connectivity index (χ0) is 14.1. The number of hydrogen-bond acceptors (Lipinski definition) is 1. The Morgan fingerprint density at radius 1 is 1.11 bits per heavy atom. The predicted molar refractivity (Wildman–Crippen MR) is 86.5 cm³/mol. The Hall–Kier alpha value is -0.0400. The molecular weight excluding hydrogens is 230 g/mol. The van der Waals surface area contributed by atoms with Gasteiger partial charge in [0.1, 0.15) is 0 Å². The van der Waals surface area contributed by atoms with Crippen LogP contribution in [0.2, 0.25) is 0 Å². The molecule has 114 valence electrons.